The number of fused-ring (bicyclic) bond motifs is 1. The van der Waals surface area contributed by atoms with E-state index >= 15 is 0 Å². The van der Waals surface area contributed by atoms with Gasteiger partial charge in [0.15, 0.2) is 12.4 Å². The second-order valence-electron chi connectivity index (χ2n) is 7.27. The first-order valence-corrected chi connectivity index (χ1v) is 11.3. The number of nitrogens with zero attached hydrogens (tertiary/aromatic N) is 1. The number of carbonyl (C=O) groups is 1. The van der Waals surface area contributed by atoms with Crippen molar-refractivity contribution in [3.63, 3.8) is 0 Å². The van der Waals surface area contributed by atoms with Gasteiger partial charge in [-0.15, -0.1) is 11.3 Å². The number of benzene rings is 3. The van der Waals surface area contributed by atoms with Gasteiger partial charge in [0.25, 0.3) is 0 Å². The molecule has 33 heavy (non-hydrogen) atoms. The molecule has 3 aromatic carbocycles. The van der Waals surface area contributed by atoms with Gasteiger partial charge in [-0.2, -0.15) is 0 Å². The molecule has 0 aliphatic heterocycles. The van der Waals surface area contributed by atoms with Gasteiger partial charge in [-0.3, -0.25) is 4.79 Å². The minimum atomic E-state index is -0.481. The minimum Gasteiger partial charge on any atom is -0.485 e. The summed E-state index contributed by atoms with van der Waals surface area (Å²) in [7, 11) is 0. The average molecular weight is 474 g/mol. The number of carbonyl (C=O) groups excluding carboxylic acids is 1. The van der Waals surface area contributed by atoms with Crippen molar-refractivity contribution in [2.45, 2.75) is 0 Å². The average Bonchev–Trinajstić information content (AvgIpc) is 3.33. The van der Waals surface area contributed by atoms with E-state index in [0.29, 0.717) is 32.5 Å². The highest BCUT2D eigenvalue weighted by Gasteiger charge is 2.14. The Morgan fingerprint density at radius 2 is 1.79 bits per heavy atom. The maximum atomic E-state index is 12.7. The molecule has 0 radical (unpaired) electrons. The molecule has 2 aromatic heterocycles. The fourth-order valence-corrected chi connectivity index (χ4v) is 4.30. The molecule has 5 aromatic rings. The maximum absolute atomic E-state index is 12.7. The highest BCUT2D eigenvalue weighted by atomic mass is 35.5. The predicted molar refractivity (Wildman–Crippen MR) is 130 cm³/mol. The molecule has 0 fully saturated rings. The van der Waals surface area contributed by atoms with Crippen molar-refractivity contribution < 1.29 is 13.9 Å². The molecular weight excluding hydrogens is 458 g/mol. The van der Waals surface area contributed by atoms with Gasteiger partial charge in [-0.05, 0) is 42.5 Å². The Morgan fingerprint density at radius 1 is 1.00 bits per heavy atom. The van der Waals surface area contributed by atoms with Gasteiger partial charge in [0, 0.05) is 33.0 Å². The summed E-state index contributed by atoms with van der Waals surface area (Å²) in [5.41, 5.74) is 2.60. The quantitative estimate of drug-likeness (QED) is 0.208. The monoisotopic (exact) mass is 473 g/mol. The number of ketones is 1. The zero-order valence-corrected chi connectivity index (χ0v) is 18.7. The van der Waals surface area contributed by atoms with Crippen LogP contribution in [0.3, 0.4) is 0 Å². The Hall–Kier alpha value is -3.74. The third kappa shape index (κ3) is 4.58. The number of thiazole rings is 1. The zero-order valence-electron chi connectivity index (χ0n) is 17.2. The highest BCUT2D eigenvalue weighted by molar-refractivity contribution is 7.13. The van der Waals surface area contributed by atoms with Gasteiger partial charge in [0.2, 0.25) is 0 Å². The summed E-state index contributed by atoms with van der Waals surface area (Å²) >= 11 is 7.25. The fraction of sp³-hybridized carbons (Fsp3) is 0.0385. The van der Waals surface area contributed by atoms with E-state index in [9.17, 15) is 9.59 Å². The molecular formula is C26H16ClNO4S. The van der Waals surface area contributed by atoms with E-state index in [-0.39, 0.29) is 12.4 Å². The van der Waals surface area contributed by atoms with E-state index in [4.69, 9.17) is 20.8 Å². The molecule has 0 N–H and O–H groups in total. The summed E-state index contributed by atoms with van der Waals surface area (Å²) < 4.78 is 11.2. The van der Waals surface area contributed by atoms with Gasteiger partial charge in [0.05, 0.1) is 11.3 Å². The first-order valence-electron chi connectivity index (χ1n) is 10.1. The van der Waals surface area contributed by atoms with Crippen LogP contribution in [0.4, 0.5) is 0 Å². The van der Waals surface area contributed by atoms with Crippen LogP contribution in [0, 0.1) is 0 Å². The zero-order chi connectivity index (χ0) is 22.8. The predicted octanol–water partition coefficient (Wildman–Crippen LogP) is 6.50. The molecule has 5 nitrogen and oxygen atoms in total. The fourth-order valence-electron chi connectivity index (χ4n) is 3.34. The van der Waals surface area contributed by atoms with Crippen LogP contribution < -0.4 is 10.4 Å². The van der Waals surface area contributed by atoms with Crippen LogP contribution in [0.15, 0.2) is 93.5 Å². The van der Waals surface area contributed by atoms with E-state index in [1.807, 2.05) is 35.7 Å². The summed E-state index contributed by atoms with van der Waals surface area (Å²) in [5.74, 6) is 0.253. The number of hydrogen-bond donors (Lipinski definition) is 0. The molecule has 0 aliphatic rings. The van der Waals surface area contributed by atoms with Crippen LogP contribution in [0.25, 0.3) is 32.8 Å². The number of ether oxygens (including phenoxy) is 1. The van der Waals surface area contributed by atoms with Crippen molar-refractivity contribution in [1.29, 1.82) is 0 Å². The van der Waals surface area contributed by atoms with Crippen LogP contribution in [0.5, 0.6) is 5.75 Å². The van der Waals surface area contributed by atoms with Crippen molar-refractivity contribution in [2.24, 2.45) is 0 Å². The van der Waals surface area contributed by atoms with Crippen LogP contribution in [-0.4, -0.2) is 17.4 Å². The van der Waals surface area contributed by atoms with Crippen LogP contribution in [-0.2, 0) is 0 Å². The molecule has 0 bridgehead atoms. The number of Topliss-reactive ketones (excluding diaryl/α,β-unsaturated/α-hetero) is 1. The topological polar surface area (TPSA) is 69.4 Å². The number of hydrogen-bond acceptors (Lipinski definition) is 6. The number of aromatic nitrogens is 1. The van der Waals surface area contributed by atoms with Crippen LogP contribution in [0.2, 0.25) is 5.02 Å². The number of halogens is 1. The summed E-state index contributed by atoms with van der Waals surface area (Å²) in [6, 6.07) is 23.3. The minimum absolute atomic E-state index is 0.142. The standard InChI is InChI=1S/C26H16ClNO4S/c27-19-9-6-17(7-10-19)23(29)14-31-20-11-8-18-12-21(26(30)32-24(18)13-20)25-28-22(15-33-25)16-4-2-1-3-5-16/h1-13,15H,14H2. The SMILES string of the molecule is O=C(COc1ccc2cc(-c3nc(-c4ccccc4)cs3)c(=O)oc2c1)c1ccc(Cl)cc1. The van der Waals surface area contributed by atoms with Crippen molar-refractivity contribution >= 4 is 39.7 Å². The van der Waals surface area contributed by atoms with E-state index < -0.39 is 5.63 Å². The molecule has 0 aliphatic carbocycles. The lowest BCUT2D eigenvalue weighted by Gasteiger charge is -2.07. The third-order valence-electron chi connectivity index (χ3n) is 5.05. The molecule has 0 amide bonds. The molecule has 2 heterocycles. The lowest BCUT2D eigenvalue weighted by Crippen LogP contribution is -2.11. The summed E-state index contributed by atoms with van der Waals surface area (Å²) in [4.78, 5) is 29.6. The third-order valence-corrected chi connectivity index (χ3v) is 6.18. The Labute approximate surface area is 197 Å². The summed E-state index contributed by atoms with van der Waals surface area (Å²) in [6.45, 7) is -0.142. The van der Waals surface area contributed by atoms with Gasteiger partial charge in [-0.25, -0.2) is 9.78 Å². The highest BCUT2D eigenvalue weighted by Crippen LogP contribution is 2.29. The smallest absolute Gasteiger partial charge is 0.346 e. The number of rotatable bonds is 6. The van der Waals surface area contributed by atoms with E-state index in [1.54, 1.807) is 48.5 Å². The van der Waals surface area contributed by atoms with Crippen LogP contribution in [0.1, 0.15) is 10.4 Å². The van der Waals surface area contributed by atoms with E-state index in [1.165, 1.54) is 11.3 Å². The van der Waals surface area contributed by atoms with Crippen molar-refractivity contribution in [2.75, 3.05) is 6.61 Å². The lowest BCUT2D eigenvalue weighted by molar-refractivity contribution is 0.0921. The van der Waals surface area contributed by atoms with Gasteiger partial charge >= 0.3 is 5.63 Å². The van der Waals surface area contributed by atoms with Crippen molar-refractivity contribution in [3.05, 3.63) is 105 Å². The Balaban J connectivity index is 1.37. The molecule has 0 unspecified atom stereocenters. The van der Waals surface area contributed by atoms with E-state index in [0.717, 1.165) is 16.6 Å². The molecule has 0 saturated carbocycles. The first-order chi connectivity index (χ1) is 16.1. The van der Waals surface area contributed by atoms with Gasteiger partial charge in [-0.1, -0.05) is 41.9 Å². The normalized spacial score (nSPS) is 10.9. The molecule has 0 spiro atoms. The van der Waals surface area contributed by atoms with Gasteiger partial charge in [0.1, 0.15) is 16.3 Å². The molecule has 0 atom stereocenters. The second kappa shape index (κ2) is 9.02. The van der Waals surface area contributed by atoms with Crippen molar-refractivity contribution in [1.82, 2.24) is 4.98 Å². The molecule has 5 rings (SSSR count). The van der Waals surface area contributed by atoms with Gasteiger partial charge < -0.3 is 9.15 Å². The second-order valence-corrected chi connectivity index (χ2v) is 8.56. The molecule has 7 heteroatoms. The summed E-state index contributed by atoms with van der Waals surface area (Å²) in [6.07, 6.45) is 0. The Kier molecular flexibility index (Phi) is 5.77. The molecule has 162 valence electrons. The van der Waals surface area contributed by atoms with Crippen molar-refractivity contribution in [3.8, 4) is 27.6 Å². The summed E-state index contributed by atoms with van der Waals surface area (Å²) in [5, 5.41) is 3.81. The maximum Gasteiger partial charge on any atom is 0.346 e. The van der Waals surface area contributed by atoms with Crippen LogP contribution >= 0.6 is 22.9 Å². The molecule has 0 saturated heterocycles. The van der Waals surface area contributed by atoms with E-state index in [2.05, 4.69) is 4.98 Å². The Morgan fingerprint density at radius 3 is 2.58 bits per heavy atom. The first kappa shape index (κ1) is 21.1. The largest absolute Gasteiger partial charge is 0.485 e. The Bertz CT molecular complexity index is 1510. The lowest BCUT2D eigenvalue weighted by atomic mass is 10.1.